The van der Waals surface area contributed by atoms with E-state index in [4.69, 9.17) is 4.74 Å². The topological polar surface area (TPSA) is 58.6 Å². The first-order valence-corrected chi connectivity index (χ1v) is 11.4. The zero-order chi connectivity index (χ0) is 24.8. The zero-order valence-electron chi connectivity index (χ0n) is 18.9. The standard InChI is InChI=1S/C27H25F3N2O3/c28-27(29,30)22-9-5-11-24(17-22)35-23-10-4-8-21(16-23)26(34)32-14-12-20(13-15-32)25(33)31-18-19-6-2-1-3-7-19/h1-11,16-17,20H,12-15,18H2,(H,31,33). The number of halogens is 3. The number of benzene rings is 3. The molecule has 1 fully saturated rings. The van der Waals surface area contributed by atoms with Gasteiger partial charge in [0, 0.05) is 31.1 Å². The molecule has 5 nitrogen and oxygen atoms in total. The highest BCUT2D eigenvalue weighted by atomic mass is 19.4. The first-order chi connectivity index (χ1) is 16.8. The third kappa shape index (κ3) is 6.41. The Morgan fingerprint density at radius 1 is 0.886 bits per heavy atom. The van der Waals surface area contributed by atoms with Crippen molar-refractivity contribution in [3.63, 3.8) is 0 Å². The Bertz CT molecular complexity index is 1170. The predicted molar refractivity (Wildman–Crippen MR) is 125 cm³/mol. The van der Waals surface area contributed by atoms with Gasteiger partial charge in [0.05, 0.1) is 5.56 Å². The van der Waals surface area contributed by atoms with E-state index in [0.717, 1.165) is 17.7 Å². The second kappa shape index (κ2) is 10.6. The fraction of sp³-hybridized carbons (Fsp3) is 0.259. The number of hydrogen-bond acceptors (Lipinski definition) is 3. The minimum Gasteiger partial charge on any atom is -0.457 e. The van der Waals surface area contributed by atoms with Crippen LogP contribution in [0.15, 0.2) is 78.9 Å². The van der Waals surface area contributed by atoms with Crippen LogP contribution in [0.1, 0.15) is 34.3 Å². The molecule has 1 aliphatic heterocycles. The Hall–Kier alpha value is -3.81. The molecule has 182 valence electrons. The molecule has 2 amide bonds. The molecule has 1 aliphatic rings. The van der Waals surface area contributed by atoms with Gasteiger partial charge in [-0.1, -0.05) is 42.5 Å². The van der Waals surface area contributed by atoms with Crippen LogP contribution in [-0.2, 0) is 17.5 Å². The van der Waals surface area contributed by atoms with Crippen LogP contribution >= 0.6 is 0 Å². The third-order valence-corrected chi connectivity index (χ3v) is 5.94. The monoisotopic (exact) mass is 482 g/mol. The second-order valence-corrected chi connectivity index (χ2v) is 8.43. The first-order valence-electron chi connectivity index (χ1n) is 11.4. The number of amides is 2. The van der Waals surface area contributed by atoms with Crippen LogP contribution in [0.25, 0.3) is 0 Å². The molecule has 0 aromatic heterocycles. The number of rotatable bonds is 6. The molecule has 35 heavy (non-hydrogen) atoms. The minimum atomic E-state index is -4.47. The summed E-state index contributed by atoms with van der Waals surface area (Å²) in [5.41, 5.74) is 0.597. The average Bonchev–Trinajstić information content (AvgIpc) is 2.87. The van der Waals surface area contributed by atoms with Gasteiger partial charge in [-0.25, -0.2) is 0 Å². The Labute approximate surface area is 201 Å². The summed E-state index contributed by atoms with van der Waals surface area (Å²) in [6, 6.07) is 20.6. The maximum Gasteiger partial charge on any atom is 0.416 e. The number of nitrogens with zero attached hydrogens (tertiary/aromatic N) is 1. The van der Waals surface area contributed by atoms with Crippen molar-refractivity contribution in [3.8, 4) is 11.5 Å². The lowest BCUT2D eigenvalue weighted by Crippen LogP contribution is -2.42. The molecule has 3 aromatic rings. The van der Waals surface area contributed by atoms with Gasteiger partial charge < -0.3 is 15.0 Å². The molecule has 4 rings (SSSR count). The Balaban J connectivity index is 1.32. The lowest BCUT2D eigenvalue weighted by Gasteiger charge is -2.31. The van der Waals surface area contributed by atoms with Gasteiger partial charge in [0.1, 0.15) is 11.5 Å². The molecule has 0 unspecified atom stereocenters. The zero-order valence-corrected chi connectivity index (χ0v) is 18.9. The summed E-state index contributed by atoms with van der Waals surface area (Å²) in [5.74, 6) is -0.0736. The van der Waals surface area contributed by atoms with Gasteiger partial charge in [0.15, 0.2) is 0 Å². The molecule has 0 radical (unpaired) electrons. The predicted octanol–water partition coefficient (Wildman–Crippen LogP) is 5.67. The summed E-state index contributed by atoms with van der Waals surface area (Å²) in [5, 5.41) is 2.96. The lowest BCUT2D eigenvalue weighted by molar-refractivity contribution is -0.137. The van der Waals surface area contributed by atoms with E-state index in [1.165, 1.54) is 18.2 Å². The highest BCUT2D eigenvalue weighted by Gasteiger charge is 2.31. The molecule has 3 aromatic carbocycles. The molecular formula is C27H25F3N2O3. The van der Waals surface area contributed by atoms with Crippen LogP contribution < -0.4 is 10.1 Å². The fourth-order valence-corrected chi connectivity index (χ4v) is 4.02. The van der Waals surface area contributed by atoms with E-state index in [0.29, 0.717) is 38.0 Å². The van der Waals surface area contributed by atoms with Crippen LogP contribution in [0.3, 0.4) is 0 Å². The van der Waals surface area contributed by atoms with Crippen molar-refractivity contribution >= 4 is 11.8 Å². The van der Waals surface area contributed by atoms with E-state index in [1.807, 2.05) is 30.3 Å². The lowest BCUT2D eigenvalue weighted by atomic mass is 9.95. The molecule has 0 atom stereocenters. The van der Waals surface area contributed by atoms with Crippen LogP contribution in [-0.4, -0.2) is 29.8 Å². The van der Waals surface area contributed by atoms with Crippen LogP contribution in [0.4, 0.5) is 13.2 Å². The number of likely N-dealkylation sites (tertiary alicyclic amines) is 1. The average molecular weight is 483 g/mol. The van der Waals surface area contributed by atoms with E-state index >= 15 is 0 Å². The van der Waals surface area contributed by atoms with Crippen LogP contribution in [0.5, 0.6) is 11.5 Å². The van der Waals surface area contributed by atoms with Gasteiger partial charge in [0.25, 0.3) is 5.91 Å². The van der Waals surface area contributed by atoms with E-state index in [2.05, 4.69) is 5.32 Å². The maximum absolute atomic E-state index is 13.0. The van der Waals surface area contributed by atoms with Gasteiger partial charge in [-0.2, -0.15) is 13.2 Å². The van der Waals surface area contributed by atoms with Crippen molar-refractivity contribution in [1.82, 2.24) is 10.2 Å². The molecule has 1 saturated heterocycles. The van der Waals surface area contributed by atoms with Gasteiger partial charge in [-0.05, 0) is 54.8 Å². The van der Waals surface area contributed by atoms with Crippen molar-refractivity contribution in [2.45, 2.75) is 25.6 Å². The van der Waals surface area contributed by atoms with Gasteiger partial charge >= 0.3 is 6.18 Å². The van der Waals surface area contributed by atoms with Crippen molar-refractivity contribution in [1.29, 1.82) is 0 Å². The number of alkyl halides is 3. The Morgan fingerprint density at radius 3 is 2.23 bits per heavy atom. The minimum absolute atomic E-state index is 0.0163. The Kier molecular flexibility index (Phi) is 7.39. The second-order valence-electron chi connectivity index (χ2n) is 8.43. The van der Waals surface area contributed by atoms with E-state index in [-0.39, 0.29) is 29.2 Å². The SMILES string of the molecule is O=C(NCc1ccccc1)C1CCN(C(=O)c2cccc(Oc3cccc(C(F)(F)F)c3)c2)CC1. The van der Waals surface area contributed by atoms with E-state index in [1.54, 1.807) is 23.1 Å². The van der Waals surface area contributed by atoms with Crippen molar-refractivity contribution in [3.05, 3.63) is 95.6 Å². The first kappa shape index (κ1) is 24.3. The quantitative estimate of drug-likeness (QED) is 0.493. The van der Waals surface area contributed by atoms with Crippen molar-refractivity contribution in [2.24, 2.45) is 5.92 Å². The molecule has 1 heterocycles. The molecular weight excluding hydrogens is 457 g/mol. The van der Waals surface area contributed by atoms with Crippen molar-refractivity contribution in [2.75, 3.05) is 13.1 Å². The largest absolute Gasteiger partial charge is 0.457 e. The van der Waals surface area contributed by atoms with Gasteiger partial charge in [-0.15, -0.1) is 0 Å². The summed E-state index contributed by atoms with van der Waals surface area (Å²) in [6.45, 7) is 1.36. The molecule has 0 saturated carbocycles. The number of nitrogens with one attached hydrogen (secondary N) is 1. The molecule has 1 N–H and O–H groups in total. The normalized spacial score (nSPS) is 14.4. The van der Waals surface area contributed by atoms with Gasteiger partial charge in [0.2, 0.25) is 5.91 Å². The highest BCUT2D eigenvalue weighted by Crippen LogP contribution is 2.33. The van der Waals surface area contributed by atoms with Crippen molar-refractivity contribution < 1.29 is 27.5 Å². The van der Waals surface area contributed by atoms with E-state index in [9.17, 15) is 22.8 Å². The van der Waals surface area contributed by atoms with Crippen LogP contribution in [0, 0.1) is 5.92 Å². The Morgan fingerprint density at radius 2 is 1.54 bits per heavy atom. The fourth-order valence-electron chi connectivity index (χ4n) is 4.02. The summed E-state index contributed by atoms with van der Waals surface area (Å²) >= 11 is 0. The number of carbonyl (C=O) groups is 2. The number of carbonyl (C=O) groups excluding carboxylic acids is 2. The molecule has 0 bridgehead atoms. The molecule has 0 spiro atoms. The van der Waals surface area contributed by atoms with E-state index < -0.39 is 11.7 Å². The van der Waals surface area contributed by atoms with Gasteiger partial charge in [-0.3, -0.25) is 9.59 Å². The smallest absolute Gasteiger partial charge is 0.416 e. The molecule has 8 heteroatoms. The number of hydrogen-bond donors (Lipinski definition) is 1. The maximum atomic E-state index is 13.0. The summed E-state index contributed by atoms with van der Waals surface area (Å²) < 4.78 is 44.4. The third-order valence-electron chi connectivity index (χ3n) is 5.94. The summed E-state index contributed by atoms with van der Waals surface area (Å²) in [4.78, 5) is 27.2. The molecule has 0 aliphatic carbocycles. The summed E-state index contributed by atoms with van der Waals surface area (Å²) in [6.07, 6.45) is -3.35. The summed E-state index contributed by atoms with van der Waals surface area (Å²) in [7, 11) is 0. The highest BCUT2D eigenvalue weighted by molar-refractivity contribution is 5.94. The number of piperidine rings is 1. The van der Waals surface area contributed by atoms with Crippen LogP contribution in [0.2, 0.25) is 0 Å². The number of ether oxygens (including phenoxy) is 1.